The van der Waals surface area contributed by atoms with Gasteiger partial charge in [0.1, 0.15) is 11.2 Å². The highest BCUT2D eigenvalue weighted by Crippen LogP contribution is 1.98. The molecule has 0 unspecified atom stereocenters. The number of carbonyl (C=O) groups excluding carboxylic acids is 2. The molecule has 0 aliphatic carbocycles. The van der Waals surface area contributed by atoms with Crippen molar-refractivity contribution in [3.63, 3.8) is 0 Å². The van der Waals surface area contributed by atoms with Crippen molar-refractivity contribution < 1.29 is 14.3 Å². The van der Waals surface area contributed by atoms with Gasteiger partial charge >= 0.3 is 5.97 Å². The van der Waals surface area contributed by atoms with Crippen LogP contribution >= 0.6 is 0 Å². The number of nitrogens with one attached hydrogen (secondary N) is 1. The number of hydrogen-bond donors (Lipinski definition) is 1. The second-order valence-corrected chi connectivity index (χ2v) is 4.57. The molecule has 0 aromatic carbocycles. The van der Waals surface area contributed by atoms with E-state index in [1.165, 1.54) is 10.6 Å². The van der Waals surface area contributed by atoms with Crippen LogP contribution in [0.15, 0.2) is 35.4 Å². The van der Waals surface area contributed by atoms with E-state index in [1.807, 2.05) is 0 Å². The Morgan fingerprint density at radius 2 is 2.18 bits per heavy atom. The van der Waals surface area contributed by atoms with Crippen molar-refractivity contribution in [2.45, 2.75) is 19.8 Å². The minimum atomic E-state index is -0.500. The van der Waals surface area contributed by atoms with E-state index in [-0.39, 0.29) is 24.5 Å². The van der Waals surface area contributed by atoms with Crippen molar-refractivity contribution in [1.82, 2.24) is 14.7 Å². The van der Waals surface area contributed by atoms with Crippen LogP contribution in [0.2, 0.25) is 0 Å². The largest absolute Gasteiger partial charge is 0.466 e. The topological polar surface area (TPSA) is 89.8 Å². The van der Waals surface area contributed by atoms with Crippen molar-refractivity contribution >= 4 is 17.5 Å². The molecule has 2 aromatic heterocycles. The Balaban J connectivity index is 1.97. The second-order valence-electron chi connectivity index (χ2n) is 4.57. The van der Waals surface area contributed by atoms with Gasteiger partial charge in [-0.1, -0.05) is 6.07 Å². The summed E-state index contributed by atoms with van der Waals surface area (Å²) in [6, 6.07) is 5.14. The van der Waals surface area contributed by atoms with Crippen LogP contribution in [0.1, 0.15) is 30.1 Å². The molecular formula is C15H17N3O4. The van der Waals surface area contributed by atoms with Crippen LogP contribution in [0.3, 0.4) is 0 Å². The van der Waals surface area contributed by atoms with E-state index in [0.717, 1.165) is 0 Å². The maximum Gasteiger partial charge on any atom is 0.305 e. The van der Waals surface area contributed by atoms with Gasteiger partial charge in [0, 0.05) is 25.4 Å². The van der Waals surface area contributed by atoms with Crippen molar-refractivity contribution in [3.05, 3.63) is 46.5 Å². The summed E-state index contributed by atoms with van der Waals surface area (Å²) in [6.07, 6.45) is 3.50. The summed E-state index contributed by atoms with van der Waals surface area (Å²) in [6.45, 7) is 2.36. The van der Waals surface area contributed by atoms with Crippen LogP contribution in [0.25, 0.3) is 5.65 Å². The lowest BCUT2D eigenvalue weighted by Crippen LogP contribution is -2.32. The van der Waals surface area contributed by atoms with Crippen LogP contribution in [0.4, 0.5) is 0 Å². The highest BCUT2D eigenvalue weighted by atomic mass is 16.5. The van der Waals surface area contributed by atoms with Gasteiger partial charge in [-0.15, -0.1) is 0 Å². The molecule has 2 rings (SSSR count). The molecule has 1 amide bonds. The van der Waals surface area contributed by atoms with E-state index in [1.54, 1.807) is 31.3 Å². The quantitative estimate of drug-likeness (QED) is 0.629. The summed E-state index contributed by atoms with van der Waals surface area (Å²) in [5.41, 5.74) is 0.0275. The van der Waals surface area contributed by atoms with E-state index in [2.05, 4.69) is 10.3 Å². The maximum absolute atomic E-state index is 12.2. The molecule has 7 heteroatoms. The van der Waals surface area contributed by atoms with Crippen LogP contribution in [0.5, 0.6) is 0 Å². The van der Waals surface area contributed by atoms with Gasteiger partial charge < -0.3 is 10.1 Å². The fourth-order valence-electron chi connectivity index (χ4n) is 1.95. The first kappa shape index (κ1) is 15.7. The molecule has 22 heavy (non-hydrogen) atoms. The molecule has 1 N–H and O–H groups in total. The standard InChI is InChI=1S/C15H17N3O4/c1-2-22-13(19)7-5-8-16-14(20)11-10-17-12-6-3-4-9-18(12)15(11)21/h3-4,6,9-10H,2,5,7-8H2,1H3,(H,16,20). The minimum absolute atomic E-state index is 0.0279. The summed E-state index contributed by atoms with van der Waals surface area (Å²) in [5, 5.41) is 2.60. The van der Waals surface area contributed by atoms with E-state index < -0.39 is 11.5 Å². The first-order valence-electron chi connectivity index (χ1n) is 7.03. The Hall–Kier alpha value is -2.70. The third-order valence-electron chi connectivity index (χ3n) is 3.01. The number of esters is 1. The predicted octanol–water partition coefficient (Wildman–Crippen LogP) is 0.768. The number of rotatable bonds is 6. The third kappa shape index (κ3) is 3.69. The average molecular weight is 303 g/mol. The molecule has 0 aliphatic heterocycles. The summed E-state index contributed by atoms with van der Waals surface area (Å²) < 4.78 is 6.10. The third-order valence-corrected chi connectivity index (χ3v) is 3.01. The Labute approximate surface area is 126 Å². The first-order chi connectivity index (χ1) is 10.6. The molecule has 116 valence electrons. The summed E-state index contributed by atoms with van der Waals surface area (Å²) in [7, 11) is 0. The van der Waals surface area contributed by atoms with Gasteiger partial charge in [-0.2, -0.15) is 0 Å². The zero-order chi connectivity index (χ0) is 15.9. The fraction of sp³-hybridized carbons (Fsp3) is 0.333. The Morgan fingerprint density at radius 1 is 1.36 bits per heavy atom. The number of aromatic nitrogens is 2. The molecule has 2 aromatic rings. The number of ether oxygens (including phenoxy) is 1. The average Bonchev–Trinajstić information content (AvgIpc) is 2.52. The first-order valence-corrected chi connectivity index (χ1v) is 7.03. The molecule has 0 saturated carbocycles. The number of fused-ring (bicyclic) bond motifs is 1. The van der Waals surface area contributed by atoms with E-state index in [0.29, 0.717) is 18.7 Å². The lowest BCUT2D eigenvalue weighted by Gasteiger charge is -2.06. The van der Waals surface area contributed by atoms with Crippen molar-refractivity contribution in [3.8, 4) is 0 Å². The Bertz CT molecular complexity index is 739. The lowest BCUT2D eigenvalue weighted by molar-refractivity contribution is -0.143. The Morgan fingerprint density at radius 3 is 2.95 bits per heavy atom. The molecule has 7 nitrogen and oxygen atoms in total. The molecule has 0 aliphatic rings. The van der Waals surface area contributed by atoms with Crippen molar-refractivity contribution in [2.75, 3.05) is 13.2 Å². The number of hydrogen-bond acceptors (Lipinski definition) is 5. The van der Waals surface area contributed by atoms with Crippen LogP contribution in [-0.2, 0) is 9.53 Å². The zero-order valence-electron chi connectivity index (χ0n) is 12.2. The van der Waals surface area contributed by atoms with Gasteiger partial charge in [-0.3, -0.25) is 18.8 Å². The number of carbonyl (C=O) groups is 2. The SMILES string of the molecule is CCOC(=O)CCCNC(=O)c1cnc2ccccn2c1=O. The number of amides is 1. The van der Waals surface area contributed by atoms with Gasteiger partial charge in [0.25, 0.3) is 11.5 Å². The normalized spacial score (nSPS) is 10.4. The molecule has 2 heterocycles. The second kappa shape index (κ2) is 7.35. The minimum Gasteiger partial charge on any atom is -0.466 e. The van der Waals surface area contributed by atoms with E-state index in [4.69, 9.17) is 4.74 Å². The van der Waals surface area contributed by atoms with E-state index >= 15 is 0 Å². The highest BCUT2D eigenvalue weighted by Gasteiger charge is 2.12. The molecule has 0 radical (unpaired) electrons. The predicted molar refractivity (Wildman–Crippen MR) is 79.7 cm³/mol. The molecule has 0 saturated heterocycles. The lowest BCUT2D eigenvalue weighted by atomic mass is 10.2. The molecule has 0 bridgehead atoms. The molecule has 0 atom stereocenters. The van der Waals surface area contributed by atoms with Gasteiger partial charge in [-0.05, 0) is 25.5 Å². The highest BCUT2D eigenvalue weighted by molar-refractivity contribution is 5.93. The molecule has 0 fully saturated rings. The van der Waals surface area contributed by atoms with Crippen molar-refractivity contribution in [1.29, 1.82) is 0 Å². The van der Waals surface area contributed by atoms with Gasteiger partial charge in [-0.25, -0.2) is 4.98 Å². The smallest absolute Gasteiger partial charge is 0.305 e. The monoisotopic (exact) mass is 303 g/mol. The zero-order valence-corrected chi connectivity index (χ0v) is 12.2. The van der Waals surface area contributed by atoms with Crippen LogP contribution < -0.4 is 10.9 Å². The fourth-order valence-corrected chi connectivity index (χ4v) is 1.95. The van der Waals surface area contributed by atoms with Crippen LogP contribution in [-0.4, -0.2) is 34.4 Å². The van der Waals surface area contributed by atoms with Gasteiger partial charge in [0.2, 0.25) is 0 Å². The van der Waals surface area contributed by atoms with Crippen molar-refractivity contribution in [2.24, 2.45) is 0 Å². The number of nitrogens with zero attached hydrogens (tertiary/aromatic N) is 2. The van der Waals surface area contributed by atoms with Gasteiger partial charge in [0.05, 0.1) is 6.61 Å². The Kier molecular flexibility index (Phi) is 5.24. The molecular weight excluding hydrogens is 286 g/mol. The summed E-state index contributed by atoms with van der Waals surface area (Å²) in [4.78, 5) is 39.4. The summed E-state index contributed by atoms with van der Waals surface area (Å²) >= 11 is 0. The summed E-state index contributed by atoms with van der Waals surface area (Å²) in [5.74, 6) is -0.802. The van der Waals surface area contributed by atoms with Crippen LogP contribution in [0, 0.1) is 0 Å². The molecule has 0 spiro atoms. The number of pyridine rings is 1. The van der Waals surface area contributed by atoms with Gasteiger partial charge in [0.15, 0.2) is 0 Å². The maximum atomic E-state index is 12.2. The van der Waals surface area contributed by atoms with E-state index in [9.17, 15) is 14.4 Å².